The molecule has 244 valence electrons. The number of nitrogens with zero attached hydrogens (tertiary/aromatic N) is 4. The van der Waals surface area contributed by atoms with Crippen LogP contribution in [0.25, 0.3) is 10.9 Å². The van der Waals surface area contributed by atoms with Crippen molar-refractivity contribution in [1.82, 2.24) is 25.1 Å². The van der Waals surface area contributed by atoms with Crippen molar-refractivity contribution in [3.8, 4) is 23.8 Å². The summed E-state index contributed by atoms with van der Waals surface area (Å²) in [6.07, 6.45) is 9.22. The fourth-order valence-corrected chi connectivity index (χ4v) is 5.91. The molecular formula is C35H44N6O5. The number of rotatable bonds is 7. The molecule has 2 aromatic carbocycles. The number of methoxy groups -OCH3 is 1. The second-order valence-electron chi connectivity index (χ2n) is 12.1. The minimum Gasteiger partial charge on any atom is -0.493 e. The molecule has 1 aromatic heterocycles. The van der Waals surface area contributed by atoms with Gasteiger partial charge in [-0.2, -0.15) is 0 Å². The summed E-state index contributed by atoms with van der Waals surface area (Å²) in [5.74, 6) is 4.20. The summed E-state index contributed by atoms with van der Waals surface area (Å²) >= 11 is 0. The van der Waals surface area contributed by atoms with Crippen molar-refractivity contribution in [3.05, 3.63) is 47.8 Å². The largest absolute Gasteiger partial charge is 0.493 e. The molecule has 1 saturated heterocycles. The predicted octanol–water partition coefficient (Wildman–Crippen LogP) is 3.77. The van der Waals surface area contributed by atoms with E-state index in [2.05, 4.69) is 45.3 Å². The highest BCUT2D eigenvalue weighted by Crippen LogP contribution is 2.35. The van der Waals surface area contributed by atoms with E-state index in [0.717, 1.165) is 50.2 Å². The fourth-order valence-electron chi connectivity index (χ4n) is 5.91. The van der Waals surface area contributed by atoms with Crippen molar-refractivity contribution < 1.29 is 23.8 Å². The number of fused-ring (bicyclic) bond motifs is 2. The Morgan fingerprint density at radius 1 is 1.09 bits per heavy atom. The third-order valence-electron chi connectivity index (χ3n) is 8.29. The normalized spacial score (nSPS) is 18.3. The second-order valence-corrected chi connectivity index (χ2v) is 12.1. The van der Waals surface area contributed by atoms with E-state index in [1.165, 1.54) is 6.33 Å². The Hall–Kier alpha value is -4.40. The molecular weight excluding hydrogens is 584 g/mol. The Kier molecular flexibility index (Phi) is 11.3. The number of nitrogens with one attached hydrogen (secondary N) is 2. The molecule has 11 nitrogen and oxygen atoms in total. The van der Waals surface area contributed by atoms with Crippen molar-refractivity contribution in [1.29, 1.82) is 0 Å². The summed E-state index contributed by atoms with van der Waals surface area (Å²) in [6.45, 7) is 9.70. The summed E-state index contributed by atoms with van der Waals surface area (Å²) in [6, 6.07) is 8.48. The van der Waals surface area contributed by atoms with Crippen LogP contribution in [-0.2, 0) is 20.7 Å². The van der Waals surface area contributed by atoms with Crippen molar-refractivity contribution >= 4 is 34.2 Å². The van der Waals surface area contributed by atoms with Crippen LogP contribution in [0.4, 0.5) is 11.5 Å². The lowest BCUT2D eigenvalue weighted by atomic mass is 10.0. The van der Waals surface area contributed by atoms with Crippen LogP contribution in [-0.4, -0.2) is 97.3 Å². The lowest BCUT2D eigenvalue weighted by molar-refractivity contribution is -0.137. The van der Waals surface area contributed by atoms with Crippen LogP contribution in [0.2, 0.25) is 0 Å². The van der Waals surface area contributed by atoms with Gasteiger partial charge in [0.2, 0.25) is 11.8 Å². The van der Waals surface area contributed by atoms with Gasteiger partial charge in [0.1, 0.15) is 18.2 Å². The monoisotopic (exact) mass is 628 g/mol. The SMILES string of the molecule is C#Cc1ccc2c(c1)Nc1ncnc3cc(OC)c(cc13)OCCCN(CCCN1CCOCC1)C(=O)[C@H](CC(C)C)NC(=O)C2. The number of terminal acetylenes is 1. The van der Waals surface area contributed by atoms with Gasteiger partial charge in [-0.05, 0) is 48.9 Å². The molecule has 0 radical (unpaired) electrons. The number of hydrogen-bond donors (Lipinski definition) is 2. The smallest absolute Gasteiger partial charge is 0.245 e. The number of hydrogen-bond acceptors (Lipinski definition) is 9. The van der Waals surface area contributed by atoms with Crippen LogP contribution in [0.5, 0.6) is 11.5 Å². The molecule has 2 N–H and O–H groups in total. The van der Waals surface area contributed by atoms with E-state index in [0.29, 0.717) is 66.6 Å². The number of aromatic nitrogens is 2. The van der Waals surface area contributed by atoms with Crippen LogP contribution in [0, 0.1) is 18.3 Å². The Balaban J connectivity index is 1.48. The van der Waals surface area contributed by atoms with Crippen LogP contribution in [0.1, 0.15) is 44.2 Å². The molecule has 11 heteroatoms. The second kappa shape index (κ2) is 15.7. The molecule has 1 fully saturated rings. The van der Waals surface area contributed by atoms with Gasteiger partial charge in [0.05, 0.1) is 38.9 Å². The highest BCUT2D eigenvalue weighted by Gasteiger charge is 2.27. The van der Waals surface area contributed by atoms with Crippen LogP contribution >= 0.6 is 0 Å². The van der Waals surface area contributed by atoms with E-state index < -0.39 is 6.04 Å². The molecule has 3 heterocycles. The number of benzene rings is 2. The lowest BCUT2D eigenvalue weighted by Crippen LogP contribution is -2.50. The first-order valence-corrected chi connectivity index (χ1v) is 16.0. The van der Waals surface area contributed by atoms with Gasteiger partial charge in [-0.1, -0.05) is 25.8 Å². The predicted molar refractivity (Wildman–Crippen MR) is 177 cm³/mol. The van der Waals surface area contributed by atoms with Crippen molar-refractivity contribution in [2.24, 2.45) is 5.92 Å². The van der Waals surface area contributed by atoms with Gasteiger partial charge in [0.25, 0.3) is 0 Å². The molecule has 0 unspecified atom stereocenters. The minimum atomic E-state index is -0.648. The Labute approximate surface area is 271 Å². The van der Waals surface area contributed by atoms with E-state index in [9.17, 15) is 9.59 Å². The van der Waals surface area contributed by atoms with Gasteiger partial charge in [0.15, 0.2) is 11.5 Å². The van der Waals surface area contributed by atoms with E-state index in [-0.39, 0.29) is 24.2 Å². The molecule has 0 aliphatic carbocycles. The maximum absolute atomic E-state index is 14.1. The Bertz CT molecular complexity index is 1570. The van der Waals surface area contributed by atoms with Gasteiger partial charge in [-0.3, -0.25) is 14.5 Å². The molecule has 0 saturated carbocycles. The quantitative estimate of drug-likeness (QED) is 0.377. The summed E-state index contributed by atoms with van der Waals surface area (Å²) in [4.78, 5) is 40.9. The minimum absolute atomic E-state index is 0.0529. The number of amides is 2. The van der Waals surface area contributed by atoms with E-state index >= 15 is 0 Å². The molecule has 1 atom stereocenters. The lowest BCUT2D eigenvalue weighted by Gasteiger charge is -2.31. The van der Waals surface area contributed by atoms with E-state index in [4.69, 9.17) is 20.6 Å². The number of carbonyl (C=O) groups is 2. The maximum Gasteiger partial charge on any atom is 0.245 e. The molecule has 5 rings (SSSR count). The topological polar surface area (TPSA) is 118 Å². The highest BCUT2D eigenvalue weighted by molar-refractivity contribution is 5.94. The van der Waals surface area contributed by atoms with Gasteiger partial charge in [-0.25, -0.2) is 9.97 Å². The van der Waals surface area contributed by atoms with Crippen molar-refractivity contribution in [2.45, 2.75) is 45.6 Å². The average molecular weight is 629 g/mol. The van der Waals surface area contributed by atoms with Crippen LogP contribution in [0.3, 0.4) is 0 Å². The zero-order chi connectivity index (χ0) is 32.5. The Morgan fingerprint density at radius 3 is 2.67 bits per heavy atom. The van der Waals surface area contributed by atoms with Gasteiger partial charge in [-0.15, -0.1) is 6.42 Å². The van der Waals surface area contributed by atoms with E-state index in [1.807, 2.05) is 29.2 Å². The van der Waals surface area contributed by atoms with Crippen LogP contribution in [0.15, 0.2) is 36.7 Å². The number of carbonyl (C=O) groups excluding carboxylic acids is 2. The summed E-state index contributed by atoms with van der Waals surface area (Å²) < 4.78 is 17.4. The van der Waals surface area contributed by atoms with Gasteiger partial charge in [0, 0.05) is 55.4 Å². The molecule has 46 heavy (non-hydrogen) atoms. The summed E-state index contributed by atoms with van der Waals surface area (Å²) in [7, 11) is 1.59. The number of morpholine rings is 1. The standard InChI is InChI=1S/C35H44N6O5/c1-5-25-8-9-26-20-33(42)38-30(18-24(2)3)35(43)41(11-6-10-40-13-16-45-17-14-40)12-7-15-46-32-21-27-29(22-31(32)44-4)36-23-37-34(27)39-28(26)19-25/h1,8-9,19,21-24,30H,6-7,10-18,20H2,2-4H3,(H,38,42)(H,36,37,39)/t30-/m0/s1. The zero-order valence-corrected chi connectivity index (χ0v) is 27.0. The molecule has 2 aliphatic heterocycles. The van der Waals surface area contributed by atoms with Gasteiger partial charge >= 0.3 is 0 Å². The third-order valence-corrected chi connectivity index (χ3v) is 8.29. The molecule has 2 amide bonds. The highest BCUT2D eigenvalue weighted by atomic mass is 16.5. The zero-order valence-electron chi connectivity index (χ0n) is 27.0. The van der Waals surface area contributed by atoms with Crippen molar-refractivity contribution in [2.75, 3.05) is 65.0 Å². The Morgan fingerprint density at radius 2 is 1.91 bits per heavy atom. The van der Waals surface area contributed by atoms with Gasteiger partial charge < -0.3 is 29.7 Å². The van der Waals surface area contributed by atoms with Crippen molar-refractivity contribution in [3.63, 3.8) is 0 Å². The maximum atomic E-state index is 14.1. The summed E-state index contributed by atoms with van der Waals surface area (Å²) in [5.41, 5.74) is 2.68. The number of anilines is 2. The molecule has 0 spiro atoms. The summed E-state index contributed by atoms with van der Waals surface area (Å²) in [5, 5.41) is 7.18. The first-order chi connectivity index (χ1) is 22.3. The molecule has 2 bridgehead atoms. The molecule has 2 aliphatic rings. The first kappa shape index (κ1) is 33.0. The fraction of sp³-hybridized carbons (Fsp3) is 0.486. The van der Waals surface area contributed by atoms with Crippen LogP contribution < -0.4 is 20.1 Å². The number of ether oxygens (including phenoxy) is 3. The average Bonchev–Trinajstić information content (AvgIpc) is 3.05. The first-order valence-electron chi connectivity index (χ1n) is 16.0. The van der Waals surface area contributed by atoms with E-state index in [1.54, 1.807) is 13.2 Å². The third kappa shape index (κ3) is 8.44. The molecule has 3 aromatic rings.